The van der Waals surface area contributed by atoms with E-state index in [-0.39, 0.29) is 6.42 Å². The summed E-state index contributed by atoms with van der Waals surface area (Å²) in [7, 11) is 1.97. The molecule has 3 nitrogen and oxygen atoms in total. The molecule has 2 N–H and O–H groups in total. The molecule has 18 heavy (non-hydrogen) atoms. The Balaban J connectivity index is 2.33. The van der Waals surface area contributed by atoms with E-state index in [0.717, 1.165) is 25.7 Å². The van der Waals surface area contributed by atoms with E-state index in [9.17, 15) is 4.79 Å². The normalized spacial score (nSPS) is 12.3. The zero-order chi connectivity index (χ0) is 13.4. The fraction of sp³-hybridized carbons (Fsp3) is 0.533. The molecule has 0 saturated carbocycles. The summed E-state index contributed by atoms with van der Waals surface area (Å²) in [5.74, 6) is -0.702. The fourth-order valence-corrected chi connectivity index (χ4v) is 1.90. The van der Waals surface area contributed by atoms with Crippen LogP contribution in [0.1, 0.15) is 37.3 Å². The zero-order valence-electron chi connectivity index (χ0n) is 11.3. The lowest BCUT2D eigenvalue weighted by Gasteiger charge is -2.10. The third-order valence-corrected chi connectivity index (χ3v) is 3.16. The second kappa shape index (κ2) is 7.88. The van der Waals surface area contributed by atoms with Crippen molar-refractivity contribution in [3.63, 3.8) is 0 Å². The van der Waals surface area contributed by atoms with Crippen LogP contribution in [0.3, 0.4) is 0 Å². The Hall–Kier alpha value is -1.35. The molecule has 0 amide bonds. The Labute approximate surface area is 109 Å². The smallest absolute Gasteiger partial charge is 0.303 e. The van der Waals surface area contributed by atoms with Crippen LogP contribution < -0.4 is 5.32 Å². The highest BCUT2D eigenvalue weighted by Gasteiger charge is 2.01. The van der Waals surface area contributed by atoms with Crippen LogP contribution in [-0.2, 0) is 17.6 Å². The Morgan fingerprint density at radius 3 is 2.39 bits per heavy atom. The number of carboxylic acid groups (broad SMARTS) is 1. The summed E-state index contributed by atoms with van der Waals surface area (Å²) in [6.45, 7) is 2.17. The first-order chi connectivity index (χ1) is 8.61. The average molecular weight is 249 g/mol. The fourth-order valence-electron chi connectivity index (χ4n) is 1.90. The van der Waals surface area contributed by atoms with Gasteiger partial charge in [0.05, 0.1) is 0 Å². The van der Waals surface area contributed by atoms with E-state index in [1.807, 2.05) is 7.05 Å². The maximum Gasteiger partial charge on any atom is 0.303 e. The molecule has 1 aromatic carbocycles. The number of carbonyl (C=O) groups is 1. The Morgan fingerprint density at radius 1 is 1.22 bits per heavy atom. The van der Waals surface area contributed by atoms with E-state index in [0.29, 0.717) is 6.04 Å². The zero-order valence-corrected chi connectivity index (χ0v) is 11.3. The largest absolute Gasteiger partial charge is 0.481 e. The minimum Gasteiger partial charge on any atom is -0.481 e. The molecule has 0 aliphatic heterocycles. The van der Waals surface area contributed by atoms with Crippen molar-refractivity contribution < 1.29 is 9.90 Å². The quantitative estimate of drug-likeness (QED) is 0.696. The summed E-state index contributed by atoms with van der Waals surface area (Å²) >= 11 is 0. The van der Waals surface area contributed by atoms with Gasteiger partial charge in [-0.2, -0.15) is 0 Å². The van der Waals surface area contributed by atoms with Gasteiger partial charge in [-0.05, 0) is 50.8 Å². The summed E-state index contributed by atoms with van der Waals surface area (Å²) in [5, 5.41) is 11.8. The monoisotopic (exact) mass is 249 g/mol. The minimum absolute atomic E-state index is 0.276. The van der Waals surface area contributed by atoms with Gasteiger partial charge in [-0.1, -0.05) is 24.3 Å². The highest BCUT2D eigenvalue weighted by molar-refractivity contribution is 5.66. The van der Waals surface area contributed by atoms with Gasteiger partial charge in [-0.15, -0.1) is 0 Å². The molecule has 0 fully saturated rings. The molecule has 1 atom stereocenters. The lowest BCUT2D eigenvalue weighted by molar-refractivity contribution is -0.137. The lowest BCUT2D eigenvalue weighted by atomic mass is 10.0. The number of unbranched alkanes of at least 4 members (excludes halogenated alkanes) is 1. The molecule has 1 aromatic rings. The van der Waals surface area contributed by atoms with E-state index in [1.54, 1.807) is 0 Å². The van der Waals surface area contributed by atoms with E-state index >= 15 is 0 Å². The van der Waals surface area contributed by atoms with Crippen LogP contribution in [0.15, 0.2) is 24.3 Å². The third-order valence-electron chi connectivity index (χ3n) is 3.16. The van der Waals surface area contributed by atoms with Gasteiger partial charge >= 0.3 is 5.97 Å². The summed E-state index contributed by atoms with van der Waals surface area (Å²) in [5.41, 5.74) is 2.63. The number of likely N-dealkylation sites (N-methyl/N-ethyl adjacent to an activating group) is 1. The molecule has 0 saturated heterocycles. The molecule has 0 aromatic heterocycles. The molecular formula is C15H23NO2. The Morgan fingerprint density at radius 2 is 1.83 bits per heavy atom. The summed E-state index contributed by atoms with van der Waals surface area (Å²) < 4.78 is 0. The van der Waals surface area contributed by atoms with Gasteiger partial charge < -0.3 is 10.4 Å². The van der Waals surface area contributed by atoms with Gasteiger partial charge in [0.15, 0.2) is 0 Å². The Kier molecular flexibility index (Phi) is 6.44. The van der Waals surface area contributed by atoms with E-state index in [2.05, 4.69) is 36.5 Å². The van der Waals surface area contributed by atoms with Gasteiger partial charge in [0, 0.05) is 12.5 Å². The van der Waals surface area contributed by atoms with Crippen LogP contribution in [0.4, 0.5) is 0 Å². The third kappa shape index (κ3) is 5.82. The van der Waals surface area contributed by atoms with Gasteiger partial charge in [0.25, 0.3) is 0 Å². The molecule has 0 unspecified atom stereocenters. The Bertz CT molecular complexity index is 359. The second-order valence-corrected chi connectivity index (χ2v) is 4.81. The van der Waals surface area contributed by atoms with Crippen LogP contribution in [0.2, 0.25) is 0 Å². The van der Waals surface area contributed by atoms with Crippen LogP contribution in [0.5, 0.6) is 0 Å². The first-order valence-corrected chi connectivity index (χ1v) is 6.58. The van der Waals surface area contributed by atoms with Crippen LogP contribution in [-0.4, -0.2) is 24.2 Å². The summed E-state index contributed by atoms with van der Waals surface area (Å²) in [6, 6.07) is 9.13. The van der Waals surface area contributed by atoms with Crippen LogP contribution in [0.25, 0.3) is 0 Å². The summed E-state index contributed by atoms with van der Waals surface area (Å²) in [4.78, 5) is 10.4. The van der Waals surface area contributed by atoms with Crippen molar-refractivity contribution in [1.82, 2.24) is 5.32 Å². The van der Waals surface area contributed by atoms with Crippen molar-refractivity contribution in [2.75, 3.05) is 7.05 Å². The maximum atomic E-state index is 10.4. The number of nitrogens with one attached hydrogen (secondary N) is 1. The van der Waals surface area contributed by atoms with Gasteiger partial charge in [-0.3, -0.25) is 4.79 Å². The van der Waals surface area contributed by atoms with E-state index < -0.39 is 5.97 Å². The van der Waals surface area contributed by atoms with Crippen LogP contribution in [0, 0.1) is 0 Å². The topological polar surface area (TPSA) is 49.3 Å². The molecule has 0 radical (unpaired) electrons. The molecule has 0 aliphatic carbocycles. The van der Waals surface area contributed by atoms with Crippen molar-refractivity contribution in [2.24, 2.45) is 0 Å². The second-order valence-electron chi connectivity index (χ2n) is 4.81. The summed E-state index contributed by atoms with van der Waals surface area (Å²) in [6.07, 6.45) is 3.98. The van der Waals surface area contributed by atoms with E-state index in [1.165, 1.54) is 11.1 Å². The number of hydrogen-bond donors (Lipinski definition) is 2. The molecule has 0 bridgehead atoms. The maximum absolute atomic E-state index is 10.4. The van der Waals surface area contributed by atoms with Crippen LogP contribution >= 0.6 is 0 Å². The lowest BCUT2D eigenvalue weighted by Crippen LogP contribution is -2.23. The predicted molar refractivity (Wildman–Crippen MR) is 73.9 cm³/mol. The predicted octanol–water partition coefficient (Wildman–Crippen LogP) is 2.63. The molecular weight excluding hydrogens is 226 g/mol. The SMILES string of the molecule is CN[C@H](C)Cc1ccc(CCCCC(=O)O)cc1. The molecule has 0 aliphatic rings. The standard InChI is InChI=1S/C15H23NO2/c1-12(16-2)11-14-9-7-13(8-10-14)5-3-4-6-15(17)18/h7-10,12,16H,3-6,11H2,1-2H3,(H,17,18)/t12-/m1/s1. The van der Waals surface area contributed by atoms with Crippen molar-refractivity contribution in [3.8, 4) is 0 Å². The minimum atomic E-state index is -0.702. The first-order valence-electron chi connectivity index (χ1n) is 6.58. The van der Waals surface area contributed by atoms with Crippen molar-refractivity contribution in [3.05, 3.63) is 35.4 Å². The van der Waals surface area contributed by atoms with E-state index in [4.69, 9.17) is 5.11 Å². The van der Waals surface area contributed by atoms with Crippen molar-refractivity contribution >= 4 is 5.97 Å². The number of aryl methyl sites for hydroxylation is 1. The molecule has 0 spiro atoms. The number of rotatable bonds is 8. The highest BCUT2D eigenvalue weighted by atomic mass is 16.4. The number of hydrogen-bond acceptors (Lipinski definition) is 2. The van der Waals surface area contributed by atoms with Gasteiger partial charge in [-0.25, -0.2) is 0 Å². The number of carboxylic acids is 1. The molecule has 0 heterocycles. The van der Waals surface area contributed by atoms with Crippen molar-refractivity contribution in [1.29, 1.82) is 0 Å². The highest BCUT2D eigenvalue weighted by Crippen LogP contribution is 2.10. The molecule has 100 valence electrons. The number of benzene rings is 1. The number of aliphatic carboxylic acids is 1. The van der Waals surface area contributed by atoms with Gasteiger partial charge in [0.1, 0.15) is 0 Å². The van der Waals surface area contributed by atoms with Gasteiger partial charge in [0.2, 0.25) is 0 Å². The van der Waals surface area contributed by atoms with Crippen molar-refractivity contribution in [2.45, 2.75) is 45.1 Å². The molecule has 3 heteroatoms. The molecule has 1 rings (SSSR count). The first kappa shape index (κ1) is 14.7. The average Bonchev–Trinajstić information content (AvgIpc) is 2.36.